The number of benzene rings is 3. The van der Waals surface area contributed by atoms with Crippen molar-refractivity contribution < 1.29 is 22.6 Å². The largest absolute Gasteiger partial charge is 0.497 e. The summed E-state index contributed by atoms with van der Waals surface area (Å²) in [7, 11) is 3.12. The summed E-state index contributed by atoms with van der Waals surface area (Å²) in [6, 6.07) is 21.4. The van der Waals surface area contributed by atoms with Crippen LogP contribution in [0.5, 0.6) is 11.5 Å². The Morgan fingerprint density at radius 2 is 1.40 bits per heavy atom. The second kappa shape index (κ2) is 11.9. The normalized spacial score (nSPS) is 11.7. The van der Waals surface area contributed by atoms with Crippen molar-refractivity contribution in [3.8, 4) is 22.8 Å². The van der Waals surface area contributed by atoms with Gasteiger partial charge in [0, 0.05) is 11.8 Å². The Morgan fingerprint density at radius 1 is 0.800 bits per heavy atom. The van der Waals surface area contributed by atoms with Gasteiger partial charge in [-0.15, -0.1) is 0 Å². The summed E-state index contributed by atoms with van der Waals surface area (Å²) >= 11 is 0. The van der Waals surface area contributed by atoms with Crippen LogP contribution in [0, 0.1) is 0 Å². The highest BCUT2D eigenvalue weighted by Crippen LogP contribution is 2.32. The molecule has 0 amide bonds. The molecular formula is C33H28F3N5O4. The number of ether oxygens (including phenoxy) is 2. The highest BCUT2D eigenvalue weighted by atomic mass is 19.4. The lowest BCUT2D eigenvalue weighted by molar-refractivity contribution is -0.138. The van der Waals surface area contributed by atoms with E-state index in [9.17, 15) is 22.8 Å². The predicted molar refractivity (Wildman–Crippen MR) is 163 cm³/mol. The lowest BCUT2D eigenvalue weighted by Crippen LogP contribution is -2.40. The molecular weight excluding hydrogens is 587 g/mol. The van der Waals surface area contributed by atoms with E-state index in [-0.39, 0.29) is 30.7 Å². The number of fused-ring (bicyclic) bond motifs is 1. The van der Waals surface area contributed by atoms with Gasteiger partial charge in [0.15, 0.2) is 0 Å². The van der Waals surface area contributed by atoms with Crippen molar-refractivity contribution in [3.63, 3.8) is 0 Å². The highest BCUT2D eigenvalue weighted by Gasteiger charge is 2.33. The molecule has 0 unspecified atom stereocenters. The van der Waals surface area contributed by atoms with Gasteiger partial charge in [-0.2, -0.15) is 18.3 Å². The summed E-state index contributed by atoms with van der Waals surface area (Å²) in [5.41, 5.74) is 1.52. The summed E-state index contributed by atoms with van der Waals surface area (Å²) in [5.74, 6) is 1.31. The van der Waals surface area contributed by atoms with Crippen LogP contribution in [0.1, 0.15) is 22.3 Å². The van der Waals surface area contributed by atoms with Gasteiger partial charge in [0.05, 0.1) is 56.8 Å². The molecule has 45 heavy (non-hydrogen) atoms. The maximum Gasteiger partial charge on any atom is 0.416 e. The molecule has 3 aromatic heterocycles. The number of H-pyrrole nitrogens is 1. The van der Waals surface area contributed by atoms with Gasteiger partial charge < -0.3 is 14.5 Å². The van der Waals surface area contributed by atoms with Crippen LogP contribution in [0.2, 0.25) is 0 Å². The Bertz CT molecular complexity index is 2090. The van der Waals surface area contributed by atoms with Crippen LogP contribution in [0.4, 0.5) is 13.2 Å². The number of alkyl halides is 3. The van der Waals surface area contributed by atoms with Gasteiger partial charge in [0.1, 0.15) is 17.0 Å². The molecule has 0 saturated heterocycles. The molecule has 1 N–H and O–H groups in total. The van der Waals surface area contributed by atoms with E-state index in [0.29, 0.717) is 28.3 Å². The van der Waals surface area contributed by atoms with Gasteiger partial charge in [0.2, 0.25) is 0 Å². The maximum atomic E-state index is 13.9. The SMILES string of the molecule is COc1ccc(Cn2c(=O)c3[nH]c(-c4cnn(Cc5ccccc5C(F)(F)F)c4)cc3n(Cc3ccc(OC)cc3)c2=O)cc1. The zero-order valence-corrected chi connectivity index (χ0v) is 24.3. The molecule has 9 nitrogen and oxygen atoms in total. The number of aromatic amines is 1. The number of rotatable bonds is 9. The molecule has 3 aromatic carbocycles. The molecule has 6 aromatic rings. The molecule has 0 spiro atoms. The monoisotopic (exact) mass is 615 g/mol. The number of methoxy groups -OCH3 is 2. The molecule has 0 fully saturated rings. The lowest BCUT2D eigenvalue weighted by Gasteiger charge is -2.13. The Hall–Kier alpha value is -5.52. The van der Waals surface area contributed by atoms with E-state index >= 15 is 0 Å². The average molecular weight is 616 g/mol. The van der Waals surface area contributed by atoms with E-state index in [4.69, 9.17) is 9.47 Å². The first kappa shape index (κ1) is 29.5. The third-order valence-electron chi connectivity index (χ3n) is 7.61. The Balaban J connectivity index is 1.42. The molecule has 0 atom stereocenters. The third-order valence-corrected chi connectivity index (χ3v) is 7.61. The zero-order chi connectivity index (χ0) is 31.7. The van der Waals surface area contributed by atoms with E-state index in [1.165, 1.54) is 32.1 Å². The molecule has 0 radical (unpaired) electrons. The lowest BCUT2D eigenvalue weighted by atomic mass is 10.1. The number of hydrogen-bond acceptors (Lipinski definition) is 5. The number of hydrogen-bond donors (Lipinski definition) is 1. The van der Waals surface area contributed by atoms with Gasteiger partial charge >= 0.3 is 11.9 Å². The summed E-state index contributed by atoms with van der Waals surface area (Å²) < 4.78 is 55.2. The fourth-order valence-corrected chi connectivity index (χ4v) is 5.26. The molecule has 0 aliphatic carbocycles. The number of halogens is 3. The fourth-order valence-electron chi connectivity index (χ4n) is 5.26. The molecule has 0 saturated carbocycles. The molecule has 6 rings (SSSR count). The van der Waals surface area contributed by atoms with Gasteiger partial charge in [0.25, 0.3) is 5.56 Å². The van der Waals surface area contributed by atoms with Crippen LogP contribution in [-0.2, 0) is 25.8 Å². The van der Waals surface area contributed by atoms with Crippen LogP contribution in [0.25, 0.3) is 22.3 Å². The predicted octanol–water partition coefficient (Wildman–Crippen LogP) is 5.54. The second-order valence-electron chi connectivity index (χ2n) is 10.5. The maximum absolute atomic E-state index is 13.9. The third kappa shape index (κ3) is 5.99. The number of aromatic nitrogens is 5. The smallest absolute Gasteiger partial charge is 0.416 e. The van der Waals surface area contributed by atoms with E-state index in [1.807, 2.05) is 12.1 Å². The van der Waals surface area contributed by atoms with Crippen molar-refractivity contribution in [3.05, 3.63) is 134 Å². The summed E-state index contributed by atoms with van der Waals surface area (Å²) in [6.45, 7) is 0.102. The summed E-state index contributed by atoms with van der Waals surface area (Å²) in [4.78, 5) is 30.8. The van der Waals surface area contributed by atoms with E-state index in [1.54, 1.807) is 68.9 Å². The second-order valence-corrected chi connectivity index (χ2v) is 10.5. The van der Waals surface area contributed by atoms with Gasteiger partial charge in [-0.1, -0.05) is 42.5 Å². The number of nitrogens with one attached hydrogen (secondary N) is 1. The number of nitrogens with zero attached hydrogens (tertiary/aromatic N) is 4. The average Bonchev–Trinajstić information content (AvgIpc) is 3.70. The van der Waals surface area contributed by atoms with E-state index in [0.717, 1.165) is 17.2 Å². The topological polar surface area (TPSA) is 96.1 Å². The van der Waals surface area contributed by atoms with E-state index < -0.39 is 23.0 Å². The van der Waals surface area contributed by atoms with Crippen LogP contribution in [-0.4, -0.2) is 38.1 Å². The van der Waals surface area contributed by atoms with Crippen molar-refractivity contribution in [2.75, 3.05) is 14.2 Å². The van der Waals surface area contributed by atoms with Crippen molar-refractivity contribution in [1.29, 1.82) is 0 Å². The zero-order valence-electron chi connectivity index (χ0n) is 24.3. The van der Waals surface area contributed by atoms with Gasteiger partial charge in [-0.05, 0) is 53.1 Å². The van der Waals surface area contributed by atoms with Gasteiger partial charge in [-0.3, -0.25) is 18.6 Å². The minimum absolute atomic E-state index is 0.0329. The summed E-state index contributed by atoms with van der Waals surface area (Å²) in [6.07, 6.45) is -1.40. The van der Waals surface area contributed by atoms with Crippen LogP contribution in [0.3, 0.4) is 0 Å². The standard InChI is InChI=1S/C33H28F3N5O4/c1-44-25-11-7-21(8-12-25)17-40-29-15-28(24-16-37-39(20-24)19-23-5-3-4-6-27(23)33(34,35)36)38-30(29)31(42)41(32(40)43)18-22-9-13-26(45-2)14-10-22/h3-16,20,38H,17-19H2,1-2H3. The molecule has 0 aliphatic rings. The first-order valence-corrected chi connectivity index (χ1v) is 13.9. The Morgan fingerprint density at radius 3 is 2.00 bits per heavy atom. The van der Waals surface area contributed by atoms with Crippen molar-refractivity contribution >= 4 is 11.0 Å². The minimum atomic E-state index is -4.50. The molecule has 3 heterocycles. The molecule has 0 aliphatic heterocycles. The Labute approximate surface area is 254 Å². The Kier molecular flexibility index (Phi) is 7.79. The highest BCUT2D eigenvalue weighted by molar-refractivity contribution is 5.82. The molecule has 0 bridgehead atoms. The van der Waals surface area contributed by atoms with E-state index in [2.05, 4.69) is 10.1 Å². The first-order valence-electron chi connectivity index (χ1n) is 13.9. The molecule has 230 valence electrons. The van der Waals surface area contributed by atoms with Crippen LogP contribution < -0.4 is 20.7 Å². The fraction of sp³-hybridized carbons (Fsp3) is 0.182. The first-order chi connectivity index (χ1) is 21.6. The van der Waals surface area contributed by atoms with Crippen molar-refractivity contribution in [2.45, 2.75) is 25.8 Å². The van der Waals surface area contributed by atoms with Gasteiger partial charge in [-0.25, -0.2) is 4.79 Å². The minimum Gasteiger partial charge on any atom is -0.497 e. The summed E-state index contributed by atoms with van der Waals surface area (Å²) in [5, 5.41) is 4.27. The van der Waals surface area contributed by atoms with Crippen LogP contribution >= 0.6 is 0 Å². The quantitative estimate of drug-likeness (QED) is 0.231. The van der Waals surface area contributed by atoms with Crippen molar-refractivity contribution in [2.24, 2.45) is 0 Å². The van der Waals surface area contributed by atoms with Crippen molar-refractivity contribution in [1.82, 2.24) is 23.9 Å². The van der Waals surface area contributed by atoms with Crippen LogP contribution in [0.15, 0.2) is 101 Å². The molecule has 12 heteroatoms.